The maximum absolute atomic E-state index is 13.0. The van der Waals surface area contributed by atoms with E-state index in [4.69, 9.17) is 14.7 Å². The zero-order chi connectivity index (χ0) is 30.0. The van der Waals surface area contributed by atoms with Gasteiger partial charge in [0.25, 0.3) is 0 Å². The molecule has 5 rings (SSSR count). The van der Waals surface area contributed by atoms with Crippen molar-refractivity contribution in [2.75, 3.05) is 76.6 Å². The molecule has 226 valence electrons. The van der Waals surface area contributed by atoms with Gasteiger partial charge in [0.05, 0.1) is 11.2 Å². The minimum atomic E-state index is -0.00933. The Kier molecular flexibility index (Phi) is 10.5. The fourth-order valence-corrected chi connectivity index (χ4v) is 5.23. The first-order valence-corrected chi connectivity index (χ1v) is 15.3. The molecule has 2 heterocycles. The van der Waals surface area contributed by atoms with E-state index in [1.807, 2.05) is 72.8 Å². The van der Waals surface area contributed by atoms with E-state index in [9.17, 15) is 4.79 Å². The van der Waals surface area contributed by atoms with E-state index in [-0.39, 0.29) is 5.91 Å². The van der Waals surface area contributed by atoms with Crippen LogP contribution in [0.5, 0.6) is 5.75 Å². The molecule has 1 aliphatic heterocycles. The Bertz CT molecular complexity index is 1480. The van der Waals surface area contributed by atoms with Crippen molar-refractivity contribution in [1.29, 1.82) is 0 Å². The van der Waals surface area contributed by atoms with Crippen molar-refractivity contribution in [3.05, 3.63) is 72.8 Å². The number of carbonyl (C=O) groups excluding carboxylic acids is 1. The molecule has 3 aromatic carbocycles. The lowest BCUT2D eigenvalue weighted by molar-refractivity contribution is -0.116. The maximum atomic E-state index is 13.0. The van der Waals surface area contributed by atoms with Crippen molar-refractivity contribution >= 4 is 34.0 Å². The summed E-state index contributed by atoms with van der Waals surface area (Å²) < 4.78 is 5.96. The van der Waals surface area contributed by atoms with Crippen LogP contribution in [-0.4, -0.2) is 96.6 Å². The monoisotopic (exact) mass is 581 g/mol. The van der Waals surface area contributed by atoms with E-state index < -0.39 is 0 Å². The van der Waals surface area contributed by atoms with Crippen molar-refractivity contribution in [3.8, 4) is 17.1 Å². The lowest BCUT2D eigenvalue weighted by Gasteiger charge is -2.32. The molecular formula is C34H43N7O2. The zero-order valence-electron chi connectivity index (χ0n) is 25.6. The molecule has 0 aliphatic carbocycles. The van der Waals surface area contributed by atoms with Crippen molar-refractivity contribution in [1.82, 2.24) is 24.7 Å². The van der Waals surface area contributed by atoms with E-state index in [2.05, 4.69) is 46.2 Å². The molecule has 2 N–H and O–H groups in total. The van der Waals surface area contributed by atoms with Crippen LogP contribution in [0.4, 0.5) is 17.2 Å². The fourth-order valence-electron chi connectivity index (χ4n) is 5.23. The number of amides is 1. The number of nitrogens with one attached hydrogen (secondary N) is 2. The number of likely N-dealkylation sites (N-methyl/N-ethyl adjacent to an activating group) is 2. The third kappa shape index (κ3) is 8.28. The van der Waals surface area contributed by atoms with Crippen LogP contribution in [0, 0.1) is 0 Å². The molecule has 9 heteroatoms. The molecule has 1 fully saturated rings. The normalized spacial score (nSPS) is 14.2. The second-order valence-corrected chi connectivity index (χ2v) is 10.9. The molecule has 0 unspecified atom stereocenters. The zero-order valence-corrected chi connectivity index (χ0v) is 25.6. The third-order valence-corrected chi connectivity index (χ3v) is 7.98. The predicted molar refractivity (Wildman–Crippen MR) is 175 cm³/mol. The van der Waals surface area contributed by atoms with E-state index in [0.717, 1.165) is 80.3 Å². The summed E-state index contributed by atoms with van der Waals surface area (Å²) in [6.45, 7) is 12.7. The van der Waals surface area contributed by atoms with E-state index in [0.29, 0.717) is 30.4 Å². The molecule has 4 aromatic rings. The summed E-state index contributed by atoms with van der Waals surface area (Å²) in [6.07, 6.45) is 0.443. The number of piperazine rings is 1. The Hall–Kier alpha value is -4.05. The first-order valence-electron chi connectivity index (χ1n) is 15.3. The number of hydrogen-bond donors (Lipinski definition) is 2. The molecular weight excluding hydrogens is 538 g/mol. The van der Waals surface area contributed by atoms with Crippen molar-refractivity contribution in [3.63, 3.8) is 0 Å². The number of aromatic nitrogens is 2. The van der Waals surface area contributed by atoms with Crippen LogP contribution in [0.2, 0.25) is 0 Å². The van der Waals surface area contributed by atoms with Gasteiger partial charge in [-0.05, 0) is 68.7 Å². The smallest absolute Gasteiger partial charge is 0.225 e. The molecule has 0 saturated carbocycles. The highest BCUT2D eigenvalue weighted by Crippen LogP contribution is 2.31. The quantitative estimate of drug-likeness (QED) is 0.219. The molecule has 1 saturated heterocycles. The Morgan fingerprint density at radius 1 is 0.907 bits per heavy atom. The molecule has 9 nitrogen and oxygen atoms in total. The van der Waals surface area contributed by atoms with Crippen LogP contribution < -0.4 is 15.4 Å². The molecule has 0 atom stereocenters. The van der Waals surface area contributed by atoms with Gasteiger partial charge >= 0.3 is 0 Å². The Balaban J connectivity index is 1.30. The van der Waals surface area contributed by atoms with Gasteiger partial charge in [-0.15, -0.1) is 0 Å². The number of rotatable bonds is 13. The Morgan fingerprint density at radius 2 is 1.63 bits per heavy atom. The second-order valence-electron chi connectivity index (χ2n) is 10.9. The maximum Gasteiger partial charge on any atom is 0.225 e. The van der Waals surface area contributed by atoms with Crippen LogP contribution in [0.1, 0.15) is 20.3 Å². The van der Waals surface area contributed by atoms with Crippen LogP contribution in [0.15, 0.2) is 72.8 Å². The fraction of sp³-hybridized carbons (Fsp3) is 0.382. The van der Waals surface area contributed by atoms with Gasteiger partial charge in [0.2, 0.25) is 5.91 Å². The highest BCUT2D eigenvalue weighted by atomic mass is 16.5. The van der Waals surface area contributed by atoms with Gasteiger partial charge in [0.15, 0.2) is 5.82 Å². The van der Waals surface area contributed by atoms with Gasteiger partial charge in [0.1, 0.15) is 18.2 Å². The summed E-state index contributed by atoms with van der Waals surface area (Å²) in [4.78, 5) is 29.8. The van der Waals surface area contributed by atoms with Gasteiger partial charge in [-0.1, -0.05) is 38.1 Å². The Morgan fingerprint density at radius 3 is 2.40 bits per heavy atom. The summed E-state index contributed by atoms with van der Waals surface area (Å²) in [6, 6.07) is 23.6. The average Bonchev–Trinajstić information content (AvgIpc) is 3.04. The number of fused-ring (bicyclic) bond motifs is 1. The second kappa shape index (κ2) is 14.9. The third-order valence-electron chi connectivity index (χ3n) is 7.98. The Labute approximate surface area is 254 Å². The molecule has 1 aliphatic rings. The number of carbonyl (C=O) groups is 1. The number of anilines is 3. The summed E-state index contributed by atoms with van der Waals surface area (Å²) in [5.74, 6) is 2.08. The van der Waals surface area contributed by atoms with Crippen molar-refractivity contribution in [2.24, 2.45) is 0 Å². The van der Waals surface area contributed by atoms with Crippen molar-refractivity contribution < 1.29 is 9.53 Å². The first-order chi connectivity index (χ1) is 21.0. The minimum Gasteiger partial charge on any atom is -0.492 e. The molecule has 0 bridgehead atoms. The number of hydrogen-bond acceptors (Lipinski definition) is 8. The molecule has 1 aromatic heterocycles. The summed E-state index contributed by atoms with van der Waals surface area (Å²) in [5.41, 5.74) is 3.21. The number of para-hydroxylation sites is 2. The van der Waals surface area contributed by atoms with Crippen LogP contribution in [0.25, 0.3) is 22.3 Å². The number of benzene rings is 3. The SMILES string of the molecule is CCN(CC)CCOc1ccc(Nc2nc(-c3ccccc3NC(=O)CCN3CCN(C)CC3)nc3ccccc23)cc1. The molecule has 0 radical (unpaired) electrons. The highest BCUT2D eigenvalue weighted by Gasteiger charge is 2.17. The predicted octanol–water partition coefficient (Wildman–Crippen LogP) is 5.34. The summed E-state index contributed by atoms with van der Waals surface area (Å²) >= 11 is 0. The summed E-state index contributed by atoms with van der Waals surface area (Å²) in [5, 5.41) is 7.52. The van der Waals surface area contributed by atoms with Crippen LogP contribution >= 0.6 is 0 Å². The van der Waals surface area contributed by atoms with Crippen molar-refractivity contribution in [2.45, 2.75) is 20.3 Å². The van der Waals surface area contributed by atoms with E-state index in [1.54, 1.807) is 0 Å². The van der Waals surface area contributed by atoms with Gasteiger partial charge in [-0.3, -0.25) is 4.79 Å². The van der Waals surface area contributed by atoms with Crippen LogP contribution in [0.3, 0.4) is 0 Å². The lowest BCUT2D eigenvalue weighted by Crippen LogP contribution is -2.45. The molecule has 1 amide bonds. The highest BCUT2D eigenvalue weighted by molar-refractivity contribution is 5.97. The summed E-state index contributed by atoms with van der Waals surface area (Å²) in [7, 11) is 2.14. The molecule has 0 spiro atoms. The van der Waals surface area contributed by atoms with Gasteiger partial charge in [-0.25, -0.2) is 9.97 Å². The standard InChI is InChI=1S/C34H43N7O2/c1-4-40(5-2)24-25-43-27-16-14-26(15-17-27)35-33-29-11-7-9-13-31(29)37-34(38-33)28-10-6-8-12-30(28)36-32(42)18-19-41-22-20-39(3)21-23-41/h6-17H,4-5,18-25H2,1-3H3,(H,36,42)(H,35,37,38). The number of ether oxygens (including phenoxy) is 1. The molecule has 43 heavy (non-hydrogen) atoms. The largest absolute Gasteiger partial charge is 0.492 e. The van der Waals surface area contributed by atoms with E-state index >= 15 is 0 Å². The van der Waals surface area contributed by atoms with E-state index in [1.165, 1.54) is 0 Å². The average molecular weight is 582 g/mol. The number of nitrogens with zero attached hydrogens (tertiary/aromatic N) is 5. The van der Waals surface area contributed by atoms with Gasteiger partial charge in [0, 0.05) is 62.3 Å². The van der Waals surface area contributed by atoms with Gasteiger partial charge < -0.3 is 30.1 Å². The van der Waals surface area contributed by atoms with Gasteiger partial charge in [-0.2, -0.15) is 0 Å². The minimum absolute atomic E-state index is 0.00933. The van der Waals surface area contributed by atoms with Crippen LogP contribution in [-0.2, 0) is 4.79 Å². The topological polar surface area (TPSA) is 85.9 Å². The lowest BCUT2D eigenvalue weighted by atomic mass is 10.1. The first kappa shape index (κ1) is 30.4.